The highest BCUT2D eigenvalue weighted by atomic mass is 16.2. The second kappa shape index (κ2) is 7.42. The Hall–Kier alpha value is -3.14. The molecule has 2 amide bonds. The summed E-state index contributed by atoms with van der Waals surface area (Å²) < 4.78 is 0. The van der Waals surface area contributed by atoms with Gasteiger partial charge in [-0.05, 0) is 43.3 Å². The van der Waals surface area contributed by atoms with Crippen LogP contribution in [0.1, 0.15) is 18.7 Å². The molecule has 4 nitrogen and oxygen atoms in total. The van der Waals surface area contributed by atoms with Crippen LogP contribution >= 0.6 is 0 Å². The third-order valence-electron chi connectivity index (χ3n) is 3.70. The normalized spacial score (nSPS) is 11.5. The molecule has 1 unspecified atom stereocenters. The van der Waals surface area contributed by atoms with Gasteiger partial charge in [0.15, 0.2) is 0 Å². The molecule has 0 saturated heterocycles. The summed E-state index contributed by atoms with van der Waals surface area (Å²) >= 11 is 0. The Morgan fingerprint density at radius 2 is 1.42 bits per heavy atom. The van der Waals surface area contributed by atoms with Gasteiger partial charge < -0.3 is 5.32 Å². The van der Waals surface area contributed by atoms with Gasteiger partial charge >= 0.3 is 6.03 Å². The SMILES string of the molecule is CC(NC(=O)N(c1ccccc1)c1ccccc1)c1ccccn1. The fraction of sp³-hybridized carbons (Fsp3) is 0.100. The first-order chi connectivity index (χ1) is 11.8. The largest absolute Gasteiger partial charge is 0.329 e. The molecule has 0 radical (unpaired) electrons. The van der Waals surface area contributed by atoms with Crippen molar-refractivity contribution >= 4 is 17.4 Å². The number of nitrogens with one attached hydrogen (secondary N) is 1. The molecule has 1 aromatic heterocycles. The fourth-order valence-electron chi connectivity index (χ4n) is 2.49. The minimum Gasteiger partial charge on any atom is -0.329 e. The van der Waals surface area contributed by atoms with E-state index in [4.69, 9.17) is 0 Å². The van der Waals surface area contributed by atoms with Crippen LogP contribution in [0.5, 0.6) is 0 Å². The number of carbonyl (C=O) groups excluding carboxylic acids is 1. The second-order valence-electron chi connectivity index (χ2n) is 5.43. The summed E-state index contributed by atoms with van der Waals surface area (Å²) in [6, 6.07) is 24.5. The number of nitrogens with zero attached hydrogens (tertiary/aromatic N) is 2. The maximum absolute atomic E-state index is 12.9. The lowest BCUT2D eigenvalue weighted by atomic mass is 10.2. The Morgan fingerprint density at radius 1 is 0.875 bits per heavy atom. The van der Waals surface area contributed by atoms with Crippen LogP contribution in [0, 0.1) is 0 Å². The maximum atomic E-state index is 12.9. The zero-order chi connectivity index (χ0) is 16.8. The number of anilines is 2. The van der Waals surface area contributed by atoms with E-state index in [1.54, 1.807) is 11.1 Å². The standard InChI is InChI=1S/C20H19N3O/c1-16(19-14-8-9-15-21-19)22-20(24)23(17-10-4-2-5-11-17)18-12-6-3-7-13-18/h2-16H,1H3,(H,22,24). The number of pyridine rings is 1. The van der Waals surface area contributed by atoms with Crippen LogP contribution < -0.4 is 10.2 Å². The molecule has 0 aliphatic carbocycles. The third-order valence-corrected chi connectivity index (χ3v) is 3.70. The summed E-state index contributed by atoms with van der Waals surface area (Å²) in [7, 11) is 0. The van der Waals surface area contributed by atoms with E-state index in [2.05, 4.69) is 10.3 Å². The zero-order valence-electron chi connectivity index (χ0n) is 13.5. The van der Waals surface area contributed by atoms with Crippen molar-refractivity contribution in [2.75, 3.05) is 4.90 Å². The predicted molar refractivity (Wildman–Crippen MR) is 96.2 cm³/mol. The average Bonchev–Trinajstić information content (AvgIpc) is 2.64. The van der Waals surface area contributed by atoms with Crippen LogP contribution in [-0.4, -0.2) is 11.0 Å². The van der Waals surface area contributed by atoms with Crippen molar-refractivity contribution in [2.45, 2.75) is 13.0 Å². The van der Waals surface area contributed by atoms with E-state index >= 15 is 0 Å². The minimum absolute atomic E-state index is 0.186. The lowest BCUT2D eigenvalue weighted by molar-refractivity contribution is 0.245. The summed E-state index contributed by atoms with van der Waals surface area (Å²) in [5.41, 5.74) is 2.45. The van der Waals surface area contributed by atoms with Crippen molar-refractivity contribution in [1.29, 1.82) is 0 Å². The Kier molecular flexibility index (Phi) is 4.87. The lowest BCUT2D eigenvalue weighted by Gasteiger charge is -2.25. The molecule has 0 aliphatic rings. The van der Waals surface area contributed by atoms with Crippen molar-refractivity contribution in [3.05, 3.63) is 90.8 Å². The first kappa shape index (κ1) is 15.7. The monoisotopic (exact) mass is 317 g/mol. The van der Waals surface area contributed by atoms with Crippen molar-refractivity contribution in [3.8, 4) is 0 Å². The van der Waals surface area contributed by atoms with E-state index in [1.807, 2.05) is 85.8 Å². The highest BCUT2D eigenvalue weighted by molar-refractivity contribution is 5.99. The Bertz CT molecular complexity index is 736. The van der Waals surface area contributed by atoms with Gasteiger partial charge in [0.1, 0.15) is 0 Å². The van der Waals surface area contributed by atoms with Crippen molar-refractivity contribution in [2.24, 2.45) is 0 Å². The van der Waals surface area contributed by atoms with Gasteiger partial charge in [-0.25, -0.2) is 4.79 Å². The van der Waals surface area contributed by atoms with E-state index < -0.39 is 0 Å². The Balaban J connectivity index is 1.87. The van der Waals surface area contributed by atoms with Gasteiger partial charge in [0, 0.05) is 6.20 Å². The van der Waals surface area contributed by atoms with Crippen LogP contribution in [-0.2, 0) is 0 Å². The number of aromatic nitrogens is 1. The van der Waals surface area contributed by atoms with E-state index in [9.17, 15) is 4.79 Å². The number of urea groups is 1. The highest BCUT2D eigenvalue weighted by Crippen LogP contribution is 2.25. The molecule has 24 heavy (non-hydrogen) atoms. The Morgan fingerprint density at radius 3 is 1.92 bits per heavy atom. The number of benzene rings is 2. The second-order valence-corrected chi connectivity index (χ2v) is 5.43. The van der Waals surface area contributed by atoms with Gasteiger partial charge in [0.25, 0.3) is 0 Å². The van der Waals surface area contributed by atoms with Crippen LogP contribution in [0.25, 0.3) is 0 Å². The topological polar surface area (TPSA) is 45.2 Å². The highest BCUT2D eigenvalue weighted by Gasteiger charge is 2.20. The first-order valence-electron chi connectivity index (χ1n) is 7.87. The molecule has 1 heterocycles. The van der Waals surface area contributed by atoms with Gasteiger partial charge in [0.2, 0.25) is 0 Å². The predicted octanol–water partition coefficient (Wildman–Crippen LogP) is 4.69. The molecular formula is C20H19N3O. The van der Waals surface area contributed by atoms with Gasteiger partial charge in [-0.3, -0.25) is 9.88 Å². The molecule has 1 atom stereocenters. The van der Waals surface area contributed by atoms with Gasteiger partial charge in [0.05, 0.1) is 23.1 Å². The van der Waals surface area contributed by atoms with E-state index in [-0.39, 0.29) is 12.1 Å². The molecule has 1 N–H and O–H groups in total. The minimum atomic E-state index is -0.189. The summed E-state index contributed by atoms with van der Waals surface area (Å²) in [6.45, 7) is 1.92. The van der Waals surface area contributed by atoms with E-state index in [0.29, 0.717) is 0 Å². The average molecular weight is 317 g/mol. The van der Waals surface area contributed by atoms with Crippen molar-refractivity contribution in [3.63, 3.8) is 0 Å². The number of carbonyl (C=O) groups is 1. The molecule has 0 fully saturated rings. The Labute approximate surface area is 141 Å². The van der Waals surface area contributed by atoms with Crippen LogP contribution in [0.2, 0.25) is 0 Å². The number of para-hydroxylation sites is 2. The summed E-state index contributed by atoms with van der Waals surface area (Å²) in [5.74, 6) is 0. The molecular weight excluding hydrogens is 298 g/mol. The molecule has 3 rings (SSSR count). The van der Waals surface area contributed by atoms with Crippen molar-refractivity contribution < 1.29 is 4.79 Å². The maximum Gasteiger partial charge on any atom is 0.327 e. The third kappa shape index (κ3) is 3.60. The van der Waals surface area contributed by atoms with Crippen LogP contribution in [0.3, 0.4) is 0 Å². The number of rotatable bonds is 4. The molecule has 120 valence electrons. The molecule has 2 aromatic carbocycles. The molecule has 0 saturated carbocycles. The molecule has 0 bridgehead atoms. The van der Waals surface area contributed by atoms with Crippen molar-refractivity contribution in [1.82, 2.24) is 10.3 Å². The van der Waals surface area contributed by atoms with Gasteiger partial charge in [-0.2, -0.15) is 0 Å². The summed E-state index contributed by atoms with van der Waals surface area (Å²) in [6.07, 6.45) is 1.73. The van der Waals surface area contributed by atoms with Crippen LogP contribution in [0.4, 0.5) is 16.2 Å². The number of amides is 2. The molecule has 0 spiro atoms. The molecule has 3 aromatic rings. The fourth-order valence-corrected chi connectivity index (χ4v) is 2.49. The van der Waals surface area contributed by atoms with Gasteiger partial charge in [-0.1, -0.05) is 42.5 Å². The first-order valence-corrected chi connectivity index (χ1v) is 7.87. The molecule has 0 aliphatic heterocycles. The lowest BCUT2D eigenvalue weighted by Crippen LogP contribution is -2.38. The number of hydrogen-bond acceptors (Lipinski definition) is 2. The molecule has 4 heteroatoms. The summed E-state index contributed by atoms with van der Waals surface area (Å²) in [5, 5.41) is 3.02. The zero-order valence-corrected chi connectivity index (χ0v) is 13.5. The van der Waals surface area contributed by atoms with E-state index in [1.165, 1.54) is 0 Å². The summed E-state index contributed by atoms with van der Waals surface area (Å²) in [4.78, 5) is 18.9. The van der Waals surface area contributed by atoms with Gasteiger partial charge in [-0.15, -0.1) is 0 Å². The smallest absolute Gasteiger partial charge is 0.327 e. The van der Waals surface area contributed by atoms with Crippen LogP contribution in [0.15, 0.2) is 85.1 Å². The van der Waals surface area contributed by atoms with E-state index in [0.717, 1.165) is 17.1 Å². The number of hydrogen-bond donors (Lipinski definition) is 1. The quantitative estimate of drug-likeness (QED) is 0.758.